The number of rotatable bonds is 1. The lowest BCUT2D eigenvalue weighted by atomic mass is 10.2. The van der Waals surface area contributed by atoms with Gasteiger partial charge in [0.15, 0.2) is 0 Å². The van der Waals surface area contributed by atoms with Gasteiger partial charge in [0.25, 0.3) is 0 Å². The van der Waals surface area contributed by atoms with Crippen molar-refractivity contribution < 1.29 is 0 Å². The maximum Gasteiger partial charge on any atom is 0.0331 e. The molecule has 0 bridgehead atoms. The van der Waals surface area contributed by atoms with E-state index in [9.17, 15) is 0 Å². The third-order valence-electron chi connectivity index (χ3n) is 1.49. The second kappa shape index (κ2) is 1.83. The van der Waals surface area contributed by atoms with E-state index in [4.69, 9.17) is 0 Å². The molecule has 0 aromatic carbocycles. The SMILES string of the molecule is C[C](C)N1CCC1. The van der Waals surface area contributed by atoms with Gasteiger partial charge in [-0.15, -0.1) is 0 Å². The molecule has 1 rings (SSSR count). The molecule has 0 N–H and O–H groups in total. The average Bonchev–Trinajstić information content (AvgIpc) is 1.23. The van der Waals surface area contributed by atoms with E-state index in [2.05, 4.69) is 18.7 Å². The van der Waals surface area contributed by atoms with Crippen molar-refractivity contribution in [3.05, 3.63) is 6.04 Å². The van der Waals surface area contributed by atoms with Gasteiger partial charge >= 0.3 is 0 Å². The first-order valence-corrected chi connectivity index (χ1v) is 2.86. The molecule has 1 saturated heterocycles. The predicted octanol–water partition coefficient (Wildman–Crippen LogP) is 1.26. The molecule has 0 aromatic rings. The molecule has 7 heavy (non-hydrogen) atoms. The van der Waals surface area contributed by atoms with Crippen molar-refractivity contribution >= 4 is 0 Å². The minimum absolute atomic E-state index is 1.29. The molecular formula is C6H12N. The molecule has 0 unspecified atom stereocenters. The van der Waals surface area contributed by atoms with E-state index < -0.39 is 0 Å². The van der Waals surface area contributed by atoms with Gasteiger partial charge in [0.05, 0.1) is 0 Å². The quantitative estimate of drug-likeness (QED) is 0.477. The van der Waals surface area contributed by atoms with Gasteiger partial charge < -0.3 is 0 Å². The Morgan fingerprint density at radius 1 is 1.29 bits per heavy atom. The van der Waals surface area contributed by atoms with Crippen LogP contribution in [-0.4, -0.2) is 18.0 Å². The molecule has 0 amide bonds. The third-order valence-corrected chi connectivity index (χ3v) is 1.49. The van der Waals surface area contributed by atoms with Crippen LogP contribution in [0, 0.1) is 6.04 Å². The van der Waals surface area contributed by atoms with Crippen LogP contribution >= 0.6 is 0 Å². The van der Waals surface area contributed by atoms with Crippen LogP contribution in [-0.2, 0) is 0 Å². The molecular weight excluding hydrogens is 86.1 g/mol. The van der Waals surface area contributed by atoms with E-state index in [0.29, 0.717) is 0 Å². The fraction of sp³-hybridized carbons (Fsp3) is 0.833. The first-order chi connectivity index (χ1) is 3.30. The van der Waals surface area contributed by atoms with Crippen molar-refractivity contribution in [2.45, 2.75) is 20.3 Å². The smallest absolute Gasteiger partial charge is 0.0331 e. The lowest BCUT2D eigenvalue weighted by molar-refractivity contribution is 0.198. The van der Waals surface area contributed by atoms with E-state index in [1.807, 2.05) is 0 Å². The van der Waals surface area contributed by atoms with Gasteiger partial charge in [-0.1, -0.05) is 0 Å². The monoisotopic (exact) mass is 98.1 g/mol. The van der Waals surface area contributed by atoms with E-state index in [1.54, 1.807) is 0 Å². The van der Waals surface area contributed by atoms with Gasteiger partial charge in [0.2, 0.25) is 0 Å². The van der Waals surface area contributed by atoms with Crippen LogP contribution in [0.25, 0.3) is 0 Å². The lowest BCUT2D eigenvalue weighted by Crippen LogP contribution is -2.37. The van der Waals surface area contributed by atoms with Gasteiger partial charge in [0.1, 0.15) is 0 Å². The average molecular weight is 98.2 g/mol. The highest BCUT2D eigenvalue weighted by molar-refractivity contribution is 4.84. The zero-order valence-electron chi connectivity index (χ0n) is 5.07. The second-order valence-electron chi connectivity index (χ2n) is 2.29. The Morgan fingerprint density at radius 2 is 1.86 bits per heavy atom. The Balaban J connectivity index is 2.14. The van der Waals surface area contributed by atoms with Crippen molar-refractivity contribution in [2.75, 3.05) is 13.1 Å². The summed E-state index contributed by atoms with van der Waals surface area (Å²) in [5, 5.41) is 0. The van der Waals surface area contributed by atoms with E-state index in [0.717, 1.165) is 0 Å². The summed E-state index contributed by atoms with van der Waals surface area (Å²) in [7, 11) is 0. The Kier molecular flexibility index (Phi) is 1.33. The Morgan fingerprint density at radius 3 is 1.86 bits per heavy atom. The van der Waals surface area contributed by atoms with Crippen molar-refractivity contribution in [2.24, 2.45) is 0 Å². The zero-order valence-corrected chi connectivity index (χ0v) is 5.07. The summed E-state index contributed by atoms with van der Waals surface area (Å²) in [6.07, 6.45) is 1.39. The molecule has 41 valence electrons. The minimum Gasteiger partial charge on any atom is -0.296 e. The minimum atomic E-state index is 1.29. The highest BCUT2D eigenvalue weighted by Crippen LogP contribution is 2.14. The van der Waals surface area contributed by atoms with Crippen molar-refractivity contribution in [3.8, 4) is 0 Å². The highest BCUT2D eigenvalue weighted by Gasteiger charge is 2.15. The van der Waals surface area contributed by atoms with Gasteiger partial charge in [-0.2, -0.15) is 0 Å². The molecule has 0 atom stereocenters. The van der Waals surface area contributed by atoms with Crippen LogP contribution in [0.15, 0.2) is 0 Å². The topological polar surface area (TPSA) is 3.24 Å². The number of hydrogen-bond acceptors (Lipinski definition) is 1. The van der Waals surface area contributed by atoms with Crippen molar-refractivity contribution in [1.82, 2.24) is 4.90 Å². The standard InChI is InChI=1S/C6H12N/c1-6(2)7-4-3-5-7/h3-5H2,1-2H3. The largest absolute Gasteiger partial charge is 0.296 e. The second-order valence-corrected chi connectivity index (χ2v) is 2.29. The van der Waals surface area contributed by atoms with Crippen LogP contribution in [0.3, 0.4) is 0 Å². The summed E-state index contributed by atoms with van der Waals surface area (Å²) in [4.78, 5) is 2.39. The highest BCUT2D eigenvalue weighted by atomic mass is 15.2. The van der Waals surface area contributed by atoms with E-state index >= 15 is 0 Å². The van der Waals surface area contributed by atoms with Crippen molar-refractivity contribution in [1.29, 1.82) is 0 Å². The fourth-order valence-corrected chi connectivity index (χ4v) is 0.763. The Labute approximate surface area is 45.3 Å². The number of nitrogens with zero attached hydrogens (tertiary/aromatic N) is 1. The molecule has 0 aliphatic carbocycles. The first kappa shape index (κ1) is 5.10. The van der Waals surface area contributed by atoms with E-state index in [1.165, 1.54) is 25.6 Å². The molecule has 1 fully saturated rings. The maximum atomic E-state index is 2.39. The summed E-state index contributed by atoms with van der Waals surface area (Å²) in [6.45, 7) is 6.92. The first-order valence-electron chi connectivity index (χ1n) is 2.86. The Hall–Kier alpha value is -0.0400. The van der Waals surface area contributed by atoms with Crippen LogP contribution in [0.5, 0.6) is 0 Å². The van der Waals surface area contributed by atoms with Crippen LogP contribution in [0.2, 0.25) is 0 Å². The maximum absolute atomic E-state index is 2.39. The molecule has 1 radical (unpaired) electrons. The third kappa shape index (κ3) is 0.942. The summed E-state index contributed by atoms with van der Waals surface area (Å²) >= 11 is 0. The fourth-order valence-electron chi connectivity index (χ4n) is 0.763. The normalized spacial score (nSPS) is 22.7. The predicted molar refractivity (Wildman–Crippen MR) is 30.8 cm³/mol. The van der Waals surface area contributed by atoms with Crippen molar-refractivity contribution in [3.63, 3.8) is 0 Å². The van der Waals surface area contributed by atoms with Crippen LogP contribution in [0.4, 0.5) is 0 Å². The van der Waals surface area contributed by atoms with Gasteiger partial charge in [-0.25, -0.2) is 0 Å². The van der Waals surface area contributed by atoms with Gasteiger partial charge in [-0.05, 0) is 33.4 Å². The zero-order chi connectivity index (χ0) is 5.28. The molecule has 1 aliphatic rings. The summed E-state index contributed by atoms with van der Waals surface area (Å²) in [5.74, 6) is 0. The molecule has 0 aromatic heterocycles. The summed E-state index contributed by atoms with van der Waals surface area (Å²) < 4.78 is 0. The molecule has 1 heterocycles. The molecule has 0 saturated carbocycles. The number of hydrogen-bond donors (Lipinski definition) is 0. The Bertz CT molecular complexity index is 55.2. The molecule has 1 nitrogen and oxygen atoms in total. The van der Waals surface area contributed by atoms with Crippen LogP contribution < -0.4 is 0 Å². The molecule has 0 spiro atoms. The van der Waals surface area contributed by atoms with Gasteiger partial charge in [0, 0.05) is 6.04 Å². The lowest BCUT2D eigenvalue weighted by Gasteiger charge is -2.33. The van der Waals surface area contributed by atoms with E-state index in [-0.39, 0.29) is 0 Å². The summed E-state index contributed by atoms with van der Waals surface area (Å²) in [5.41, 5.74) is 0. The molecule has 1 heteroatoms. The van der Waals surface area contributed by atoms with Gasteiger partial charge in [-0.3, -0.25) is 4.90 Å². The van der Waals surface area contributed by atoms with Crippen LogP contribution in [0.1, 0.15) is 20.3 Å². The number of likely N-dealkylation sites (tertiary alicyclic amines) is 1. The molecule has 1 aliphatic heterocycles. The summed E-state index contributed by atoms with van der Waals surface area (Å²) in [6, 6.07) is 1.46.